The number of esters is 1. The van der Waals surface area contributed by atoms with Crippen molar-refractivity contribution in [3.05, 3.63) is 66.8 Å². The van der Waals surface area contributed by atoms with Crippen molar-refractivity contribution < 1.29 is 24.2 Å². The minimum atomic E-state index is -0.929. The molecule has 2 aromatic carbocycles. The lowest BCUT2D eigenvalue weighted by Gasteiger charge is -2.37. The first-order chi connectivity index (χ1) is 18.0. The zero-order chi connectivity index (χ0) is 25.7. The van der Waals surface area contributed by atoms with Gasteiger partial charge >= 0.3 is 5.97 Å². The van der Waals surface area contributed by atoms with Crippen molar-refractivity contribution in [2.24, 2.45) is 11.8 Å². The van der Waals surface area contributed by atoms with E-state index in [-0.39, 0.29) is 29.6 Å². The number of thioether (sulfide) groups is 1. The Morgan fingerprint density at radius 2 is 1.92 bits per heavy atom. The van der Waals surface area contributed by atoms with E-state index in [1.165, 1.54) is 16.7 Å². The number of rotatable bonds is 3. The number of aliphatic hydroxyl groups excluding tert-OH is 1. The lowest BCUT2D eigenvalue weighted by Crippen LogP contribution is -2.56. The predicted molar refractivity (Wildman–Crippen MR) is 143 cm³/mol. The number of carbonyl (C=O) groups excluding carboxylic acids is 3. The van der Waals surface area contributed by atoms with Crippen molar-refractivity contribution >= 4 is 46.0 Å². The quantitative estimate of drug-likeness (QED) is 0.496. The van der Waals surface area contributed by atoms with Gasteiger partial charge in [-0.1, -0.05) is 54.6 Å². The van der Waals surface area contributed by atoms with Crippen LogP contribution in [-0.4, -0.2) is 69.6 Å². The molecule has 1 spiro atoms. The molecular weight excluding hydrogens is 488 g/mol. The van der Waals surface area contributed by atoms with Crippen molar-refractivity contribution in [1.29, 1.82) is 0 Å². The number of hydrogen-bond donors (Lipinski definition) is 1. The fourth-order valence-corrected chi connectivity index (χ4v) is 8.32. The molecule has 6 atom stereocenters. The second-order valence-corrected chi connectivity index (χ2v) is 11.7. The van der Waals surface area contributed by atoms with E-state index in [0.29, 0.717) is 13.2 Å². The highest BCUT2D eigenvalue weighted by atomic mass is 32.2. The van der Waals surface area contributed by atoms with E-state index in [0.717, 1.165) is 29.3 Å². The van der Waals surface area contributed by atoms with E-state index < -0.39 is 28.7 Å². The maximum atomic E-state index is 14.4. The van der Waals surface area contributed by atoms with Gasteiger partial charge in [-0.3, -0.25) is 14.4 Å². The first-order valence-corrected chi connectivity index (χ1v) is 13.8. The van der Waals surface area contributed by atoms with Crippen molar-refractivity contribution in [3.63, 3.8) is 0 Å². The second-order valence-electron chi connectivity index (χ2n) is 10.2. The van der Waals surface area contributed by atoms with Gasteiger partial charge in [0.2, 0.25) is 5.91 Å². The highest BCUT2D eigenvalue weighted by Gasteiger charge is 2.71. The molecule has 0 aliphatic carbocycles. The molecule has 4 heterocycles. The average molecular weight is 519 g/mol. The molecule has 2 amide bonds. The van der Waals surface area contributed by atoms with Crippen molar-refractivity contribution in [1.82, 2.24) is 4.90 Å². The number of cyclic esters (lactones) is 1. The molecule has 2 fully saturated rings. The van der Waals surface area contributed by atoms with Crippen LogP contribution in [0, 0.1) is 11.8 Å². The van der Waals surface area contributed by atoms with Crippen LogP contribution in [0.25, 0.3) is 10.8 Å². The predicted octanol–water partition coefficient (Wildman–Crippen LogP) is 3.31. The summed E-state index contributed by atoms with van der Waals surface area (Å²) < 4.78 is 4.66. The number of ether oxygens (including phenoxy) is 1. The standard InChI is InChI=1S/C29H30N2O5S/c1-18(17-32)31-25-27(34)30(21-12-11-19-8-4-5-9-20(19)16-21)14-7-13-29(25)24(26(31)33)23-22(37-29)10-3-2-6-15-36-28(23)35/h3-5,7-13,16,18,22-25,32H,2,6,14-15,17H2,1H3/b10-3-/t18-,22+,23-,24+,25?,29+/m1/s1. The summed E-state index contributed by atoms with van der Waals surface area (Å²) in [5, 5.41) is 11.9. The molecule has 4 aliphatic rings. The highest BCUT2D eigenvalue weighted by molar-refractivity contribution is 8.02. The fourth-order valence-electron chi connectivity index (χ4n) is 6.33. The summed E-state index contributed by atoms with van der Waals surface area (Å²) in [4.78, 5) is 45.0. The molecule has 2 saturated heterocycles. The number of amides is 2. The van der Waals surface area contributed by atoms with Gasteiger partial charge in [-0.15, -0.1) is 11.8 Å². The molecule has 0 bridgehead atoms. The first kappa shape index (κ1) is 24.2. The molecule has 192 valence electrons. The Morgan fingerprint density at radius 3 is 2.73 bits per heavy atom. The number of hydrogen-bond acceptors (Lipinski definition) is 6. The Hall–Kier alpha value is -3.10. The minimum absolute atomic E-state index is 0.201. The van der Waals surface area contributed by atoms with Crippen LogP contribution in [0.2, 0.25) is 0 Å². The summed E-state index contributed by atoms with van der Waals surface area (Å²) in [6.45, 7) is 2.14. The molecule has 1 unspecified atom stereocenters. The molecule has 8 heteroatoms. The van der Waals surface area contributed by atoms with Gasteiger partial charge in [0.1, 0.15) is 6.04 Å². The molecule has 0 saturated carbocycles. The molecule has 4 aliphatic heterocycles. The number of aliphatic hydroxyl groups is 1. The SMILES string of the molecule is C[C@H](CO)N1C(=O)[C@@H]2[C@@H]3C(=O)OCCC/C=C\[C@@H]3S[C@@]23C=CCN(c2ccc4ccccc4c2)C(=O)C13. The smallest absolute Gasteiger partial charge is 0.311 e. The van der Waals surface area contributed by atoms with Crippen molar-refractivity contribution in [3.8, 4) is 0 Å². The lowest BCUT2D eigenvalue weighted by molar-refractivity contribution is -0.153. The van der Waals surface area contributed by atoms with Crippen LogP contribution in [0.5, 0.6) is 0 Å². The van der Waals surface area contributed by atoms with Gasteiger partial charge in [0.25, 0.3) is 5.91 Å². The summed E-state index contributed by atoms with van der Waals surface area (Å²) in [5.74, 6) is -2.28. The van der Waals surface area contributed by atoms with Gasteiger partial charge in [0.05, 0.1) is 35.8 Å². The van der Waals surface area contributed by atoms with Gasteiger partial charge in [0, 0.05) is 17.5 Å². The Labute approximate surface area is 220 Å². The van der Waals surface area contributed by atoms with Gasteiger partial charge in [-0.25, -0.2) is 0 Å². The van der Waals surface area contributed by atoms with Gasteiger partial charge in [-0.05, 0) is 42.7 Å². The monoisotopic (exact) mass is 518 g/mol. The number of anilines is 1. The number of fused-ring (bicyclic) bond motifs is 3. The average Bonchev–Trinajstić information content (AvgIpc) is 3.33. The summed E-state index contributed by atoms with van der Waals surface area (Å²) in [7, 11) is 0. The molecule has 2 aromatic rings. The summed E-state index contributed by atoms with van der Waals surface area (Å²) in [6, 6.07) is 12.5. The van der Waals surface area contributed by atoms with Gasteiger partial charge in [0.15, 0.2) is 0 Å². The normalized spacial score (nSPS) is 33.1. The Bertz CT molecular complexity index is 1320. The van der Waals surface area contributed by atoms with Gasteiger partial charge < -0.3 is 19.6 Å². The van der Waals surface area contributed by atoms with Crippen LogP contribution in [0.3, 0.4) is 0 Å². The number of likely N-dealkylation sites (tertiary alicyclic amines) is 1. The van der Waals surface area contributed by atoms with Crippen LogP contribution >= 0.6 is 11.8 Å². The van der Waals surface area contributed by atoms with Crippen LogP contribution in [0.1, 0.15) is 19.8 Å². The van der Waals surface area contributed by atoms with Crippen LogP contribution < -0.4 is 4.90 Å². The summed E-state index contributed by atoms with van der Waals surface area (Å²) in [6.07, 6.45) is 9.54. The zero-order valence-corrected chi connectivity index (χ0v) is 21.5. The van der Waals surface area contributed by atoms with E-state index in [9.17, 15) is 19.5 Å². The third-order valence-electron chi connectivity index (χ3n) is 8.07. The van der Waals surface area contributed by atoms with Gasteiger partial charge in [-0.2, -0.15) is 0 Å². The maximum absolute atomic E-state index is 14.4. The maximum Gasteiger partial charge on any atom is 0.311 e. The second kappa shape index (κ2) is 9.33. The summed E-state index contributed by atoms with van der Waals surface area (Å²) >= 11 is 1.52. The van der Waals surface area contributed by atoms with Crippen molar-refractivity contribution in [2.45, 2.75) is 41.8 Å². The first-order valence-electron chi connectivity index (χ1n) is 12.9. The van der Waals surface area contributed by atoms with E-state index >= 15 is 0 Å². The van der Waals surface area contributed by atoms with Crippen LogP contribution in [-0.2, 0) is 19.1 Å². The molecule has 1 N–H and O–H groups in total. The molecular formula is C29H30N2O5S. The summed E-state index contributed by atoms with van der Waals surface area (Å²) in [5.41, 5.74) is 0.753. The minimum Gasteiger partial charge on any atom is -0.465 e. The molecule has 0 aromatic heterocycles. The largest absolute Gasteiger partial charge is 0.465 e. The van der Waals surface area contributed by atoms with Crippen molar-refractivity contribution in [2.75, 3.05) is 24.7 Å². The molecule has 6 rings (SSSR count). The fraction of sp³-hybridized carbons (Fsp3) is 0.414. The van der Waals surface area contributed by atoms with Crippen LogP contribution in [0.4, 0.5) is 5.69 Å². The Kier molecular flexibility index (Phi) is 6.12. The third-order valence-corrected chi connectivity index (χ3v) is 9.82. The van der Waals surface area contributed by atoms with E-state index in [2.05, 4.69) is 6.08 Å². The number of nitrogens with zero attached hydrogens (tertiary/aromatic N) is 2. The Balaban J connectivity index is 1.47. The molecule has 0 radical (unpaired) electrons. The molecule has 37 heavy (non-hydrogen) atoms. The van der Waals surface area contributed by atoms with E-state index in [4.69, 9.17) is 4.74 Å². The number of allylic oxidation sites excluding steroid dienone is 1. The Morgan fingerprint density at radius 1 is 1.11 bits per heavy atom. The number of carbonyl (C=O) groups is 3. The lowest BCUT2D eigenvalue weighted by atomic mass is 9.78. The molecule has 7 nitrogen and oxygen atoms in total. The zero-order valence-electron chi connectivity index (χ0n) is 20.7. The topological polar surface area (TPSA) is 87.2 Å². The highest BCUT2D eigenvalue weighted by Crippen LogP contribution is 2.61. The number of benzene rings is 2. The third kappa shape index (κ3) is 3.72. The van der Waals surface area contributed by atoms with E-state index in [1.807, 2.05) is 60.7 Å². The van der Waals surface area contributed by atoms with Crippen LogP contribution in [0.15, 0.2) is 66.8 Å². The van der Waals surface area contributed by atoms with E-state index in [1.54, 1.807) is 11.8 Å².